The Balaban J connectivity index is 2.39. The van der Waals surface area contributed by atoms with Crippen molar-refractivity contribution in [2.24, 2.45) is 0 Å². The molecule has 0 saturated carbocycles. The molecule has 5 heteroatoms. The molecule has 92 valence electrons. The summed E-state index contributed by atoms with van der Waals surface area (Å²) in [7, 11) is 0. The van der Waals surface area contributed by atoms with Crippen molar-refractivity contribution in [3.8, 4) is 0 Å². The van der Waals surface area contributed by atoms with Gasteiger partial charge < -0.3 is 5.11 Å². The van der Waals surface area contributed by atoms with Crippen LogP contribution in [0.5, 0.6) is 0 Å². The molecule has 0 aromatic heterocycles. The second-order valence-corrected chi connectivity index (χ2v) is 5.48. The average Bonchev–Trinajstić information content (AvgIpc) is 2.34. The van der Waals surface area contributed by atoms with E-state index in [9.17, 15) is 9.18 Å². The van der Waals surface area contributed by atoms with Gasteiger partial charge in [0.1, 0.15) is 5.82 Å². The monoisotopic (exact) mass is 326 g/mol. The van der Waals surface area contributed by atoms with Gasteiger partial charge in [0, 0.05) is 9.37 Å². The van der Waals surface area contributed by atoms with E-state index in [4.69, 9.17) is 5.11 Å². The van der Waals surface area contributed by atoms with Gasteiger partial charge >= 0.3 is 5.97 Å². The number of carboxylic acid groups (broad SMARTS) is 1. The molecule has 2 nitrogen and oxygen atoms in total. The van der Waals surface area contributed by atoms with Crippen LogP contribution in [0.4, 0.5) is 4.39 Å². The number of hydrogen-bond acceptors (Lipinski definition) is 2. The van der Waals surface area contributed by atoms with Crippen molar-refractivity contribution < 1.29 is 14.3 Å². The minimum absolute atomic E-state index is 0.0251. The maximum absolute atomic E-state index is 13.7. The van der Waals surface area contributed by atoms with Crippen molar-refractivity contribution >= 4 is 33.7 Å². The van der Waals surface area contributed by atoms with Crippen molar-refractivity contribution in [1.29, 1.82) is 0 Å². The molecule has 0 heterocycles. The fraction of sp³-hybridized carbons (Fsp3) is 0. The summed E-state index contributed by atoms with van der Waals surface area (Å²) in [4.78, 5) is 11.9. The summed E-state index contributed by atoms with van der Waals surface area (Å²) in [6, 6.07) is 11.3. The normalized spacial score (nSPS) is 10.3. The van der Waals surface area contributed by atoms with Crippen LogP contribution in [0.15, 0.2) is 56.7 Å². The summed E-state index contributed by atoms with van der Waals surface area (Å²) < 4.78 is 14.6. The molecule has 18 heavy (non-hydrogen) atoms. The molecule has 1 N–H and O–H groups in total. The molecule has 0 atom stereocenters. The zero-order valence-electron chi connectivity index (χ0n) is 9.06. The molecule has 2 aromatic carbocycles. The highest BCUT2D eigenvalue weighted by molar-refractivity contribution is 9.10. The van der Waals surface area contributed by atoms with Gasteiger partial charge in [-0.3, -0.25) is 0 Å². The predicted molar refractivity (Wildman–Crippen MR) is 71.6 cm³/mol. The van der Waals surface area contributed by atoms with E-state index >= 15 is 0 Å². The van der Waals surface area contributed by atoms with Crippen LogP contribution in [0, 0.1) is 5.82 Å². The molecule has 0 saturated heterocycles. The molecule has 0 amide bonds. The van der Waals surface area contributed by atoms with Crippen molar-refractivity contribution in [1.82, 2.24) is 0 Å². The largest absolute Gasteiger partial charge is 0.478 e. The number of benzene rings is 2. The molecule has 0 radical (unpaired) electrons. The molecule has 0 aliphatic heterocycles. The summed E-state index contributed by atoms with van der Waals surface area (Å²) in [5.41, 5.74) is -0.0251. The van der Waals surface area contributed by atoms with E-state index in [1.165, 1.54) is 18.2 Å². The van der Waals surface area contributed by atoms with Gasteiger partial charge in [0.2, 0.25) is 0 Å². The maximum Gasteiger partial charge on any atom is 0.336 e. The third kappa shape index (κ3) is 2.91. The Morgan fingerprint density at radius 3 is 2.44 bits per heavy atom. The maximum atomic E-state index is 13.7. The third-order valence-electron chi connectivity index (χ3n) is 2.23. The smallest absolute Gasteiger partial charge is 0.336 e. The molecular formula is C13H8BrFO2S. The van der Waals surface area contributed by atoms with Crippen LogP contribution < -0.4 is 0 Å². The second kappa shape index (κ2) is 5.54. The Kier molecular flexibility index (Phi) is 4.04. The Labute approximate surface area is 116 Å². The lowest BCUT2D eigenvalue weighted by atomic mass is 10.2. The lowest BCUT2D eigenvalue weighted by molar-refractivity contribution is 0.0692. The molecule has 2 rings (SSSR count). The molecule has 0 fully saturated rings. The SMILES string of the molecule is O=C(O)c1cccc(F)c1Sc1ccc(Br)cc1. The van der Waals surface area contributed by atoms with Crippen LogP contribution in [0.3, 0.4) is 0 Å². The number of hydrogen-bond donors (Lipinski definition) is 1. The fourth-order valence-corrected chi connectivity index (χ4v) is 2.60. The standard InChI is InChI=1S/C13H8BrFO2S/c14-8-4-6-9(7-5-8)18-12-10(13(16)17)2-1-3-11(12)15/h1-7H,(H,16,17). The van der Waals surface area contributed by atoms with Gasteiger partial charge in [-0.05, 0) is 36.4 Å². The Bertz CT molecular complexity index is 584. The number of halogens is 2. The first-order valence-electron chi connectivity index (χ1n) is 5.03. The lowest BCUT2D eigenvalue weighted by Crippen LogP contribution is -2.00. The topological polar surface area (TPSA) is 37.3 Å². The molecule has 0 aliphatic carbocycles. The van der Waals surface area contributed by atoms with Crippen LogP contribution in [-0.4, -0.2) is 11.1 Å². The highest BCUT2D eigenvalue weighted by Gasteiger charge is 2.15. The summed E-state index contributed by atoms with van der Waals surface area (Å²) in [6.07, 6.45) is 0. The van der Waals surface area contributed by atoms with E-state index in [0.29, 0.717) is 0 Å². The first-order valence-corrected chi connectivity index (χ1v) is 6.64. The number of aromatic carboxylic acids is 1. The zero-order chi connectivity index (χ0) is 13.1. The second-order valence-electron chi connectivity index (χ2n) is 3.48. The molecular weight excluding hydrogens is 319 g/mol. The summed E-state index contributed by atoms with van der Waals surface area (Å²) in [5.74, 6) is -1.66. The van der Waals surface area contributed by atoms with E-state index in [-0.39, 0.29) is 10.5 Å². The molecule has 0 spiro atoms. The third-order valence-corrected chi connectivity index (χ3v) is 3.89. The van der Waals surface area contributed by atoms with E-state index in [0.717, 1.165) is 21.1 Å². The highest BCUT2D eigenvalue weighted by atomic mass is 79.9. The fourth-order valence-electron chi connectivity index (χ4n) is 1.40. The van der Waals surface area contributed by atoms with Crippen molar-refractivity contribution in [2.45, 2.75) is 9.79 Å². The first kappa shape index (κ1) is 13.1. The van der Waals surface area contributed by atoms with Crippen molar-refractivity contribution in [3.05, 3.63) is 58.3 Å². The highest BCUT2D eigenvalue weighted by Crippen LogP contribution is 2.33. The number of carboxylic acids is 1. The van der Waals surface area contributed by atoms with Gasteiger partial charge in [-0.25, -0.2) is 9.18 Å². The Morgan fingerprint density at radius 2 is 1.83 bits per heavy atom. The van der Waals surface area contributed by atoms with E-state index in [1.807, 2.05) is 12.1 Å². The Hall–Kier alpha value is -1.33. The summed E-state index contributed by atoms with van der Waals surface area (Å²) in [6.45, 7) is 0. The quantitative estimate of drug-likeness (QED) is 0.906. The van der Waals surface area contributed by atoms with Crippen molar-refractivity contribution in [3.63, 3.8) is 0 Å². The summed E-state index contributed by atoms with van der Waals surface area (Å²) >= 11 is 4.41. The van der Waals surface area contributed by atoms with E-state index < -0.39 is 11.8 Å². The molecule has 2 aromatic rings. The van der Waals surface area contributed by atoms with Gasteiger partial charge in [-0.2, -0.15) is 0 Å². The van der Waals surface area contributed by atoms with Crippen LogP contribution in [0.1, 0.15) is 10.4 Å². The van der Waals surface area contributed by atoms with Gasteiger partial charge in [0.05, 0.1) is 10.5 Å². The van der Waals surface area contributed by atoms with Crippen molar-refractivity contribution in [2.75, 3.05) is 0 Å². The average molecular weight is 327 g/mol. The van der Waals surface area contributed by atoms with Gasteiger partial charge in [-0.15, -0.1) is 0 Å². The van der Waals surface area contributed by atoms with Crippen LogP contribution in [-0.2, 0) is 0 Å². The molecule has 0 unspecified atom stereocenters. The number of carbonyl (C=O) groups is 1. The zero-order valence-corrected chi connectivity index (χ0v) is 11.5. The lowest BCUT2D eigenvalue weighted by Gasteiger charge is -2.07. The Morgan fingerprint density at radius 1 is 1.17 bits per heavy atom. The molecule has 0 bridgehead atoms. The van der Waals surface area contributed by atoms with Crippen LogP contribution in [0.2, 0.25) is 0 Å². The predicted octanol–water partition coefficient (Wildman–Crippen LogP) is 4.44. The van der Waals surface area contributed by atoms with Crippen LogP contribution >= 0.6 is 27.7 Å². The van der Waals surface area contributed by atoms with Gasteiger partial charge in [0.15, 0.2) is 0 Å². The minimum atomic E-state index is -1.13. The van der Waals surface area contributed by atoms with Gasteiger partial charge in [-0.1, -0.05) is 33.8 Å². The summed E-state index contributed by atoms with van der Waals surface area (Å²) in [5, 5.41) is 9.02. The minimum Gasteiger partial charge on any atom is -0.478 e. The van der Waals surface area contributed by atoms with Crippen LogP contribution in [0.25, 0.3) is 0 Å². The molecule has 0 aliphatic rings. The van der Waals surface area contributed by atoms with Gasteiger partial charge in [0.25, 0.3) is 0 Å². The van der Waals surface area contributed by atoms with E-state index in [2.05, 4.69) is 15.9 Å². The van der Waals surface area contributed by atoms with E-state index in [1.54, 1.807) is 12.1 Å². The number of rotatable bonds is 3. The first-order chi connectivity index (χ1) is 8.58.